The molecule has 3 aliphatic rings. The second-order valence-corrected chi connectivity index (χ2v) is 20.3. The number of aliphatic carboxylic acids is 1. The second kappa shape index (κ2) is 18.6. The highest BCUT2D eigenvalue weighted by molar-refractivity contribution is 7.91. The van der Waals surface area contributed by atoms with E-state index in [4.69, 9.17) is 43.1 Å². The van der Waals surface area contributed by atoms with Crippen LogP contribution in [0.1, 0.15) is 58.9 Å². The van der Waals surface area contributed by atoms with E-state index in [1.807, 2.05) is 66.7 Å². The van der Waals surface area contributed by atoms with Gasteiger partial charge in [-0.1, -0.05) is 89.1 Å². The average molecular weight is 955 g/mol. The van der Waals surface area contributed by atoms with Gasteiger partial charge in [0.1, 0.15) is 31.0 Å². The van der Waals surface area contributed by atoms with E-state index in [9.17, 15) is 23.1 Å². The summed E-state index contributed by atoms with van der Waals surface area (Å²) in [6, 6.07) is 28.7. The summed E-state index contributed by atoms with van der Waals surface area (Å²) in [6.07, 6.45) is 2.49. The third-order valence-corrected chi connectivity index (χ3v) is 16.2. The molecule has 0 spiro atoms. The lowest BCUT2D eigenvalue weighted by atomic mass is 9.93. The van der Waals surface area contributed by atoms with Crippen LogP contribution in [-0.4, -0.2) is 59.4 Å². The van der Waals surface area contributed by atoms with Crippen LogP contribution in [0.2, 0.25) is 10.0 Å². The van der Waals surface area contributed by atoms with Gasteiger partial charge in [-0.3, -0.25) is 4.79 Å². The Kier molecular flexibility index (Phi) is 12.7. The van der Waals surface area contributed by atoms with E-state index in [1.165, 1.54) is 0 Å². The van der Waals surface area contributed by atoms with E-state index in [0.29, 0.717) is 67.1 Å². The number of carboxylic acid groups (broad SMARTS) is 1. The number of hydrogen-bond acceptors (Lipinski definition) is 11. The van der Waals surface area contributed by atoms with Gasteiger partial charge in [-0.2, -0.15) is 4.31 Å². The molecule has 3 heterocycles. The molecule has 1 aromatic heterocycles. The Morgan fingerprint density at radius 3 is 2.29 bits per heavy atom. The molecule has 13 nitrogen and oxygen atoms in total. The molecule has 65 heavy (non-hydrogen) atoms. The molecule has 5 aromatic carbocycles. The van der Waals surface area contributed by atoms with Gasteiger partial charge in [0.05, 0.1) is 15.7 Å². The van der Waals surface area contributed by atoms with E-state index in [0.717, 1.165) is 57.2 Å². The number of sulfonamides is 1. The quantitative estimate of drug-likeness (QED) is 0.0765. The van der Waals surface area contributed by atoms with E-state index in [-0.39, 0.29) is 36.2 Å². The number of nitrogens with zero attached hydrogens (tertiary/aromatic N) is 2. The summed E-state index contributed by atoms with van der Waals surface area (Å²) in [4.78, 5) is 31.7. The Hall–Kier alpha value is -5.84. The maximum absolute atomic E-state index is 14.8. The number of hydrogen-bond donors (Lipinski definition) is 4. The largest absolute Gasteiger partial charge is 0.489 e. The van der Waals surface area contributed by atoms with Crippen LogP contribution in [0.15, 0.2) is 107 Å². The van der Waals surface area contributed by atoms with Gasteiger partial charge in [-0.25, -0.2) is 18.2 Å². The first-order valence-electron chi connectivity index (χ1n) is 21.1. The topological polar surface area (TPSA) is 182 Å². The lowest BCUT2D eigenvalue weighted by Gasteiger charge is -2.36. The molecular formula is C48H45Cl2N5O8S2. The Morgan fingerprint density at radius 1 is 0.923 bits per heavy atom. The number of nitrogens with two attached hydrogens (primary N) is 1. The number of anilines is 2. The highest BCUT2D eigenvalue weighted by atomic mass is 35.5. The summed E-state index contributed by atoms with van der Waals surface area (Å²) >= 11 is 13.2. The molecule has 1 amide bonds. The number of halogens is 2. The van der Waals surface area contributed by atoms with Gasteiger partial charge in [0, 0.05) is 24.7 Å². The molecule has 2 aliphatic heterocycles. The zero-order valence-electron chi connectivity index (χ0n) is 35.1. The van der Waals surface area contributed by atoms with Crippen molar-refractivity contribution in [3.63, 3.8) is 0 Å². The van der Waals surface area contributed by atoms with Crippen molar-refractivity contribution in [1.29, 1.82) is 0 Å². The second-order valence-electron chi connectivity index (χ2n) is 16.4. The summed E-state index contributed by atoms with van der Waals surface area (Å²) in [5.41, 5.74) is 12.4. The fourth-order valence-corrected chi connectivity index (χ4v) is 11.6. The highest BCUT2D eigenvalue weighted by Crippen LogP contribution is 2.43. The van der Waals surface area contributed by atoms with Crippen molar-refractivity contribution in [2.45, 2.75) is 80.6 Å². The van der Waals surface area contributed by atoms with Gasteiger partial charge in [0.2, 0.25) is 5.91 Å². The van der Waals surface area contributed by atoms with Crippen LogP contribution < -0.4 is 30.6 Å². The Bertz CT molecular complexity index is 2860. The lowest BCUT2D eigenvalue weighted by Crippen LogP contribution is -2.55. The maximum Gasteiger partial charge on any atom is 0.326 e. The average Bonchev–Trinajstić information content (AvgIpc) is 3.67. The van der Waals surface area contributed by atoms with Gasteiger partial charge in [0.15, 0.2) is 26.9 Å². The first-order chi connectivity index (χ1) is 31.3. The summed E-state index contributed by atoms with van der Waals surface area (Å²) in [7, 11) is -4.35. The van der Waals surface area contributed by atoms with Gasteiger partial charge >= 0.3 is 5.97 Å². The number of aromatic nitrogens is 1. The van der Waals surface area contributed by atoms with Crippen LogP contribution in [0, 0.1) is 6.92 Å². The van der Waals surface area contributed by atoms with Crippen molar-refractivity contribution in [2.24, 2.45) is 0 Å². The molecule has 5 N–H and O–H groups in total. The van der Waals surface area contributed by atoms with E-state index < -0.39 is 40.1 Å². The van der Waals surface area contributed by atoms with Gasteiger partial charge in [-0.15, -0.1) is 0 Å². The van der Waals surface area contributed by atoms with Crippen LogP contribution in [0.25, 0.3) is 11.1 Å². The SMILES string of the molecule is Cc1nc(NC2CCC2)sc1S(=O)(=O)N1Cc2cc3c(cc2C[C@H]1C(=O)N[C@@H](Cc1ccc(-c2ccc(N)cc2)cc1)C(=O)O)OCC(c1ccc(OCc2ccc(Cl)c(Cl)c2)cc1)O3. The van der Waals surface area contributed by atoms with Crippen molar-refractivity contribution in [3.05, 3.63) is 147 Å². The van der Waals surface area contributed by atoms with Crippen LogP contribution in [0.4, 0.5) is 10.8 Å². The van der Waals surface area contributed by atoms with Crippen LogP contribution in [0.5, 0.6) is 17.2 Å². The maximum atomic E-state index is 14.8. The first-order valence-corrected chi connectivity index (χ1v) is 24.1. The van der Waals surface area contributed by atoms with E-state index in [2.05, 4.69) is 15.6 Å². The fourth-order valence-electron chi connectivity index (χ4n) is 8.07. The molecule has 3 atom stereocenters. The van der Waals surface area contributed by atoms with E-state index in [1.54, 1.807) is 43.3 Å². The van der Waals surface area contributed by atoms with Crippen molar-refractivity contribution in [1.82, 2.24) is 14.6 Å². The molecule has 336 valence electrons. The molecule has 1 fully saturated rings. The summed E-state index contributed by atoms with van der Waals surface area (Å²) in [5.74, 6) is -0.468. The predicted molar refractivity (Wildman–Crippen MR) is 250 cm³/mol. The molecule has 9 rings (SSSR count). The minimum absolute atomic E-state index is 0.0125. The van der Waals surface area contributed by atoms with Gasteiger partial charge < -0.3 is 35.7 Å². The number of nitrogen functional groups attached to an aromatic ring is 1. The van der Waals surface area contributed by atoms with Gasteiger partial charge in [0.25, 0.3) is 10.0 Å². The number of nitrogens with one attached hydrogen (secondary N) is 2. The zero-order valence-corrected chi connectivity index (χ0v) is 38.3. The number of carbonyl (C=O) groups excluding carboxylic acids is 1. The molecule has 1 aliphatic carbocycles. The standard InChI is InChI=1S/C48H45Cl2N5O8S2/c1-27-47(64-48(52-27)53-36-3-2-4-36)65(59,60)55-24-34-23-43-42(62-26-44(63-43)32-12-16-37(17-13-32)61-25-29-7-18-38(49)39(50)19-29)22-33(34)21-41(55)45(56)54-40(46(57)58)20-28-5-8-30(9-6-28)31-10-14-35(51)15-11-31/h5-19,22-23,36,40-41,44H,2-4,20-21,24-26,51H2,1H3,(H,52,53)(H,54,56)(H,57,58)/t40-,41-,44?/m0/s1. The number of carboxylic acids is 1. The zero-order chi connectivity index (χ0) is 45.4. The molecular weight excluding hydrogens is 910 g/mol. The third-order valence-electron chi connectivity index (χ3n) is 11.9. The number of carbonyl (C=O) groups is 2. The van der Waals surface area contributed by atoms with Crippen LogP contribution >= 0.6 is 34.5 Å². The summed E-state index contributed by atoms with van der Waals surface area (Å²) < 4.78 is 49.4. The van der Waals surface area contributed by atoms with E-state index >= 15 is 0 Å². The molecule has 1 saturated carbocycles. The molecule has 0 saturated heterocycles. The Morgan fingerprint density at radius 2 is 1.62 bits per heavy atom. The normalized spacial score (nSPS) is 17.6. The van der Waals surface area contributed by atoms with Crippen LogP contribution in [-0.2, 0) is 45.6 Å². The molecule has 17 heteroatoms. The molecule has 0 radical (unpaired) electrons. The van der Waals surface area contributed by atoms with Gasteiger partial charge in [-0.05, 0) is 120 Å². The number of benzene rings is 5. The Labute approximate surface area is 390 Å². The predicted octanol–water partition coefficient (Wildman–Crippen LogP) is 8.99. The number of aryl methyl sites for hydroxylation is 1. The first kappa shape index (κ1) is 44.4. The summed E-state index contributed by atoms with van der Waals surface area (Å²) in [5, 5.41) is 17.8. The fraction of sp³-hybridized carbons (Fsp3) is 0.271. The number of amides is 1. The molecule has 6 aromatic rings. The summed E-state index contributed by atoms with van der Waals surface area (Å²) in [6.45, 7) is 1.95. The van der Waals surface area contributed by atoms with Crippen LogP contribution in [0.3, 0.4) is 0 Å². The number of thiazole rings is 1. The number of ether oxygens (including phenoxy) is 3. The Balaban J connectivity index is 0.951. The smallest absolute Gasteiger partial charge is 0.326 e. The minimum Gasteiger partial charge on any atom is -0.489 e. The number of fused-ring (bicyclic) bond motifs is 2. The third kappa shape index (κ3) is 9.75. The monoisotopic (exact) mass is 953 g/mol. The molecule has 0 bridgehead atoms. The highest BCUT2D eigenvalue weighted by Gasteiger charge is 2.43. The number of rotatable bonds is 14. The van der Waals surface area contributed by atoms with Crippen molar-refractivity contribution >= 4 is 67.3 Å². The van der Waals surface area contributed by atoms with Crippen molar-refractivity contribution < 1.29 is 37.3 Å². The molecule has 1 unspecified atom stereocenters. The van der Waals surface area contributed by atoms with Crippen molar-refractivity contribution in [2.75, 3.05) is 17.7 Å². The van der Waals surface area contributed by atoms with Crippen molar-refractivity contribution in [3.8, 4) is 28.4 Å². The lowest BCUT2D eigenvalue weighted by molar-refractivity contribution is -0.142. The minimum atomic E-state index is -4.35.